The van der Waals surface area contributed by atoms with E-state index in [0.717, 1.165) is 0 Å². The highest BCUT2D eigenvalue weighted by Crippen LogP contribution is 2.35. The molecule has 0 aliphatic rings. The van der Waals surface area contributed by atoms with Crippen LogP contribution in [0.25, 0.3) is 0 Å². The van der Waals surface area contributed by atoms with Gasteiger partial charge in [0, 0.05) is 16.2 Å². The van der Waals surface area contributed by atoms with Gasteiger partial charge in [-0.15, -0.1) is 0 Å². The maximum atomic E-state index is 8.84. The predicted octanol–water partition coefficient (Wildman–Crippen LogP) is 4.52. The Kier molecular flexibility index (Phi) is 4.25. The monoisotopic (exact) mass is 357 g/mol. The minimum Gasteiger partial charge on any atom is -0.423 e. The number of nitrogens with zero attached hydrogens (tertiary/aromatic N) is 3. The van der Waals surface area contributed by atoms with Crippen LogP contribution in [0.3, 0.4) is 0 Å². The highest BCUT2D eigenvalue weighted by molar-refractivity contribution is 9.10. The zero-order valence-electron chi connectivity index (χ0n) is 9.62. The highest BCUT2D eigenvalue weighted by Gasteiger charge is 2.10. The molecule has 7 heteroatoms. The van der Waals surface area contributed by atoms with Crippen LogP contribution in [0.1, 0.15) is 11.4 Å². The molecule has 1 aromatic heterocycles. The Bertz CT molecular complexity index is 685. The van der Waals surface area contributed by atoms with Crippen LogP contribution in [0, 0.1) is 18.3 Å². The average Bonchev–Trinajstić information content (AvgIpc) is 2.35. The van der Waals surface area contributed by atoms with Gasteiger partial charge in [-0.3, -0.25) is 0 Å². The first-order valence-corrected chi connectivity index (χ1v) is 6.62. The molecule has 0 spiro atoms. The fourth-order valence-corrected chi connectivity index (χ4v) is 2.16. The van der Waals surface area contributed by atoms with Crippen LogP contribution < -0.4 is 4.74 Å². The molecule has 2 rings (SSSR count). The Hall–Kier alpha value is -1.35. The van der Waals surface area contributed by atoms with Crippen LogP contribution in [0.4, 0.5) is 0 Å². The van der Waals surface area contributed by atoms with E-state index in [2.05, 4.69) is 25.9 Å². The van der Waals surface area contributed by atoms with E-state index in [1.54, 1.807) is 25.1 Å². The van der Waals surface area contributed by atoms with Gasteiger partial charge in [-0.2, -0.15) is 10.2 Å². The van der Waals surface area contributed by atoms with E-state index in [0.29, 0.717) is 26.0 Å². The molecule has 0 aliphatic heterocycles. The van der Waals surface area contributed by atoms with Crippen LogP contribution >= 0.6 is 39.1 Å². The third kappa shape index (κ3) is 3.35. The number of aromatic nitrogens is 2. The highest BCUT2D eigenvalue weighted by atomic mass is 79.9. The van der Waals surface area contributed by atoms with Crippen molar-refractivity contribution in [1.29, 1.82) is 5.26 Å². The van der Waals surface area contributed by atoms with Gasteiger partial charge in [0.2, 0.25) is 0 Å². The van der Waals surface area contributed by atoms with Crippen molar-refractivity contribution in [3.05, 3.63) is 44.1 Å². The van der Waals surface area contributed by atoms with Gasteiger partial charge >= 0.3 is 6.01 Å². The molecule has 0 N–H and O–H groups in total. The molecule has 0 unspecified atom stereocenters. The number of hydrogen-bond acceptors (Lipinski definition) is 4. The van der Waals surface area contributed by atoms with Gasteiger partial charge in [0.1, 0.15) is 11.8 Å². The van der Waals surface area contributed by atoms with E-state index in [9.17, 15) is 0 Å². The SMILES string of the molecule is Cc1cc(C#N)nc(Oc2cc(Cl)c(Br)cc2Cl)n1. The Labute approximate surface area is 128 Å². The van der Waals surface area contributed by atoms with Crippen molar-refractivity contribution >= 4 is 39.1 Å². The molecule has 96 valence electrons. The molecule has 0 aliphatic carbocycles. The first-order chi connectivity index (χ1) is 8.99. The summed E-state index contributed by atoms with van der Waals surface area (Å²) in [5.74, 6) is 0.323. The fourth-order valence-electron chi connectivity index (χ4n) is 1.33. The lowest BCUT2D eigenvalue weighted by molar-refractivity contribution is 0.440. The molecule has 0 saturated heterocycles. The smallest absolute Gasteiger partial charge is 0.323 e. The molecule has 1 aromatic carbocycles. The zero-order valence-corrected chi connectivity index (χ0v) is 12.7. The van der Waals surface area contributed by atoms with Crippen molar-refractivity contribution in [2.45, 2.75) is 6.92 Å². The number of rotatable bonds is 2. The van der Waals surface area contributed by atoms with Crippen molar-refractivity contribution in [1.82, 2.24) is 9.97 Å². The van der Waals surface area contributed by atoms with Crippen molar-refractivity contribution in [3.63, 3.8) is 0 Å². The van der Waals surface area contributed by atoms with Gasteiger partial charge < -0.3 is 4.74 Å². The Balaban J connectivity index is 2.39. The molecule has 1 heterocycles. The predicted molar refractivity (Wildman–Crippen MR) is 75.7 cm³/mol. The van der Waals surface area contributed by atoms with Crippen molar-refractivity contribution in [2.75, 3.05) is 0 Å². The summed E-state index contributed by atoms with van der Waals surface area (Å²) in [4.78, 5) is 8.01. The molecule has 0 radical (unpaired) electrons. The zero-order chi connectivity index (χ0) is 14.0. The van der Waals surface area contributed by atoms with Gasteiger partial charge in [0.05, 0.1) is 10.0 Å². The normalized spacial score (nSPS) is 10.1. The molecule has 0 amide bonds. The van der Waals surface area contributed by atoms with Crippen LogP contribution in [0.2, 0.25) is 10.0 Å². The third-order valence-corrected chi connectivity index (χ3v) is 3.62. The molecule has 4 nitrogen and oxygen atoms in total. The van der Waals surface area contributed by atoms with E-state index in [1.807, 2.05) is 6.07 Å². The molecule has 0 fully saturated rings. The summed E-state index contributed by atoms with van der Waals surface area (Å²) in [6.45, 7) is 1.74. The molecule has 19 heavy (non-hydrogen) atoms. The number of hydrogen-bond donors (Lipinski definition) is 0. The van der Waals surface area contributed by atoms with Crippen LogP contribution in [-0.4, -0.2) is 9.97 Å². The minimum absolute atomic E-state index is 0.0526. The Morgan fingerprint density at radius 3 is 2.63 bits per heavy atom. The second-order valence-corrected chi connectivity index (χ2v) is 5.26. The van der Waals surface area contributed by atoms with Crippen molar-refractivity contribution < 1.29 is 4.74 Å². The summed E-state index contributed by atoms with van der Waals surface area (Å²) in [5.41, 5.74) is 0.850. The quantitative estimate of drug-likeness (QED) is 0.740. The number of ether oxygens (including phenoxy) is 1. The van der Waals surface area contributed by atoms with E-state index < -0.39 is 0 Å². The molecule has 0 saturated carbocycles. The van der Waals surface area contributed by atoms with E-state index in [1.165, 1.54) is 0 Å². The van der Waals surface area contributed by atoms with Gasteiger partial charge in [0.15, 0.2) is 5.75 Å². The first kappa shape index (κ1) is 14.1. The van der Waals surface area contributed by atoms with Crippen molar-refractivity contribution in [3.8, 4) is 17.8 Å². The molecular weight excluding hydrogens is 353 g/mol. The molecule has 2 aromatic rings. The largest absolute Gasteiger partial charge is 0.423 e. The first-order valence-electron chi connectivity index (χ1n) is 5.08. The number of aryl methyl sites for hydroxylation is 1. The van der Waals surface area contributed by atoms with E-state index in [4.69, 9.17) is 33.2 Å². The van der Waals surface area contributed by atoms with Gasteiger partial charge in [-0.1, -0.05) is 23.2 Å². The summed E-state index contributed by atoms with van der Waals surface area (Å²) in [6.07, 6.45) is 0. The lowest BCUT2D eigenvalue weighted by Gasteiger charge is -2.08. The number of halogens is 3. The fraction of sp³-hybridized carbons (Fsp3) is 0.0833. The van der Waals surface area contributed by atoms with E-state index >= 15 is 0 Å². The average molecular weight is 359 g/mol. The molecule has 0 bridgehead atoms. The summed E-state index contributed by atoms with van der Waals surface area (Å²) in [5, 5.41) is 9.65. The Morgan fingerprint density at radius 2 is 1.95 bits per heavy atom. The van der Waals surface area contributed by atoms with Crippen LogP contribution in [-0.2, 0) is 0 Å². The Morgan fingerprint density at radius 1 is 1.21 bits per heavy atom. The summed E-state index contributed by atoms with van der Waals surface area (Å²) in [7, 11) is 0. The lowest BCUT2D eigenvalue weighted by atomic mass is 10.3. The summed E-state index contributed by atoms with van der Waals surface area (Å²) in [6, 6.07) is 6.70. The topological polar surface area (TPSA) is 58.8 Å². The van der Waals surface area contributed by atoms with Gasteiger partial charge in [0.25, 0.3) is 0 Å². The maximum Gasteiger partial charge on any atom is 0.323 e. The van der Waals surface area contributed by atoms with Gasteiger partial charge in [-0.05, 0) is 35.0 Å². The third-order valence-electron chi connectivity index (χ3n) is 2.12. The minimum atomic E-state index is 0.0526. The second-order valence-electron chi connectivity index (χ2n) is 3.59. The molecule has 0 atom stereocenters. The van der Waals surface area contributed by atoms with Crippen LogP contribution in [0.5, 0.6) is 11.8 Å². The lowest BCUT2D eigenvalue weighted by Crippen LogP contribution is -1.96. The van der Waals surface area contributed by atoms with Gasteiger partial charge in [-0.25, -0.2) is 4.98 Å². The van der Waals surface area contributed by atoms with E-state index in [-0.39, 0.29) is 11.7 Å². The number of benzene rings is 1. The molecular formula is C12H6BrCl2N3O. The summed E-state index contributed by atoms with van der Waals surface area (Å²) >= 11 is 15.2. The van der Waals surface area contributed by atoms with Crippen LogP contribution in [0.15, 0.2) is 22.7 Å². The maximum absolute atomic E-state index is 8.84. The number of nitriles is 1. The summed E-state index contributed by atoms with van der Waals surface area (Å²) < 4.78 is 6.12. The second kappa shape index (κ2) is 5.74. The van der Waals surface area contributed by atoms with Crippen molar-refractivity contribution in [2.24, 2.45) is 0 Å². The standard InChI is InChI=1S/C12H6BrCl2N3O/c1-6-2-7(5-16)18-12(17-6)19-11-4-9(14)8(13)3-10(11)15/h2-4H,1H3.